The summed E-state index contributed by atoms with van der Waals surface area (Å²) in [4.78, 5) is 33.8. The number of unbranched alkanes of at least 4 members (excludes halogenated alkanes) is 15. The van der Waals surface area contributed by atoms with Gasteiger partial charge < -0.3 is 14.8 Å². The quantitative estimate of drug-likeness (QED) is 0.142. The molecular weight excluding hydrogens is 382 g/mol. The van der Waals surface area contributed by atoms with Crippen LogP contribution in [-0.4, -0.2) is 30.7 Å². The zero-order valence-corrected chi connectivity index (χ0v) is 19.1. The van der Waals surface area contributed by atoms with Gasteiger partial charge in [-0.2, -0.15) is 0 Å². The van der Waals surface area contributed by atoms with Gasteiger partial charge in [0, 0.05) is 6.42 Å². The van der Waals surface area contributed by atoms with E-state index >= 15 is 0 Å². The summed E-state index contributed by atoms with van der Waals surface area (Å²) in [5, 5.41) is 2.37. The number of hydrogen-bond acceptors (Lipinski definition) is 5. The molecule has 0 radical (unpaired) electrons. The van der Waals surface area contributed by atoms with Crippen molar-refractivity contribution in [2.75, 3.05) is 6.61 Å². The van der Waals surface area contributed by atoms with Gasteiger partial charge in [-0.3, -0.25) is 4.79 Å². The Bertz CT molecular complexity index is 480. The molecule has 1 atom stereocenters. The number of cyclic esters (lactones) is 2. The van der Waals surface area contributed by atoms with Crippen molar-refractivity contribution >= 4 is 18.0 Å². The molecule has 0 unspecified atom stereocenters. The van der Waals surface area contributed by atoms with E-state index in [2.05, 4.69) is 17.0 Å². The average Bonchev–Trinajstić information content (AvgIpc) is 3.05. The van der Waals surface area contributed by atoms with Crippen LogP contribution < -0.4 is 5.32 Å². The summed E-state index contributed by atoms with van der Waals surface area (Å²) in [5.41, 5.74) is 0. The Kier molecular flexibility index (Phi) is 16.0. The van der Waals surface area contributed by atoms with Crippen LogP contribution in [0.5, 0.6) is 0 Å². The van der Waals surface area contributed by atoms with Crippen LogP contribution in [0.2, 0.25) is 0 Å². The first-order chi connectivity index (χ1) is 14.6. The first-order valence-electron chi connectivity index (χ1n) is 12.3. The summed E-state index contributed by atoms with van der Waals surface area (Å²) in [6, 6.07) is -0.722. The van der Waals surface area contributed by atoms with E-state index in [0.717, 1.165) is 12.8 Å². The summed E-state index contributed by atoms with van der Waals surface area (Å²) in [6.07, 6.45) is 20.6. The lowest BCUT2D eigenvalue weighted by atomic mass is 10.0. The number of ether oxygens (including phenoxy) is 2. The SMILES string of the molecule is CCCCCCCCCCCCCCCCCCOC(=O)CC[C@@H]1NC(=O)OC1=O. The van der Waals surface area contributed by atoms with Crippen LogP contribution in [0, 0.1) is 0 Å². The number of alkyl carbamates (subject to hydrolysis) is 1. The second kappa shape index (κ2) is 18.2. The van der Waals surface area contributed by atoms with Crippen LogP contribution in [0.1, 0.15) is 122 Å². The molecule has 1 fully saturated rings. The highest BCUT2D eigenvalue weighted by Gasteiger charge is 2.32. The van der Waals surface area contributed by atoms with E-state index in [1.165, 1.54) is 89.9 Å². The maximum absolute atomic E-state index is 11.7. The van der Waals surface area contributed by atoms with Crippen LogP contribution in [0.15, 0.2) is 0 Å². The second-order valence-corrected chi connectivity index (χ2v) is 8.47. The molecule has 0 aromatic heterocycles. The summed E-state index contributed by atoms with van der Waals surface area (Å²) in [5.74, 6) is -0.949. The molecule has 1 rings (SSSR count). The van der Waals surface area contributed by atoms with Crippen molar-refractivity contribution < 1.29 is 23.9 Å². The Morgan fingerprint density at radius 1 is 0.800 bits per heavy atom. The predicted octanol–water partition coefficient (Wildman–Crippen LogP) is 6.21. The Balaban J connectivity index is 1.76. The number of carbonyl (C=O) groups is 3. The van der Waals surface area contributed by atoms with Crippen molar-refractivity contribution in [3.8, 4) is 0 Å². The fourth-order valence-corrected chi connectivity index (χ4v) is 3.75. The first kappa shape index (κ1) is 26.4. The number of rotatable bonds is 20. The van der Waals surface area contributed by atoms with Gasteiger partial charge in [0.1, 0.15) is 6.04 Å². The number of esters is 2. The van der Waals surface area contributed by atoms with Crippen LogP contribution in [0.4, 0.5) is 4.79 Å². The zero-order chi connectivity index (χ0) is 21.9. The minimum Gasteiger partial charge on any atom is -0.466 e. The number of carbonyl (C=O) groups excluding carboxylic acids is 3. The number of nitrogens with one attached hydrogen (secondary N) is 1. The van der Waals surface area contributed by atoms with E-state index < -0.39 is 18.1 Å². The Morgan fingerprint density at radius 3 is 1.70 bits per heavy atom. The van der Waals surface area contributed by atoms with E-state index in [-0.39, 0.29) is 18.8 Å². The molecule has 0 spiro atoms. The second-order valence-electron chi connectivity index (χ2n) is 8.47. The number of amides is 1. The molecule has 0 bridgehead atoms. The van der Waals surface area contributed by atoms with Gasteiger partial charge in [0.05, 0.1) is 6.61 Å². The fraction of sp³-hybridized carbons (Fsp3) is 0.875. The molecule has 1 N–H and O–H groups in total. The van der Waals surface area contributed by atoms with Crippen molar-refractivity contribution in [1.29, 1.82) is 0 Å². The highest BCUT2D eigenvalue weighted by atomic mass is 16.6. The van der Waals surface area contributed by atoms with Gasteiger partial charge >= 0.3 is 18.0 Å². The van der Waals surface area contributed by atoms with Gasteiger partial charge in [0.25, 0.3) is 0 Å². The normalized spacial score (nSPS) is 15.8. The lowest BCUT2D eigenvalue weighted by molar-refractivity contribution is -0.144. The molecule has 1 aliphatic rings. The fourth-order valence-electron chi connectivity index (χ4n) is 3.75. The van der Waals surface area contributed by atoms with E-state index in [1.54, 1.807) is 0 Å². The summed E-state index contributed by atoms with van der Waals surface area (Å²) >= 11 is 0. The molecule has 0 aromatic carbocycles. The average molecular weight is 426 g/mol. The molecule has 1 amide bonds. The van der Waals surface area contributed by atoms with Gasteiger partial charge in [0.15, 0.2) is 0 Å². The third-order valence-electron chi connectivity index (χ3n) is 5.67. The summed E-state index contributed by atoms with van der Waals surface area (Å²) in [7, 11) is 0. The Hall–Kier alpha value is -1.59. The van der Waals surface area contributed by atoms with Crippen LogP contribution in [0.25, 0.3) is 0 Å². The Morgan fingerprint density at radius 2 is 1.27 bits per heavy atom. The summed E-state index contributed by atoms with van der Waals surface area (Å²) < 4.78 is 9.54. The third-order valence-corrected chi connectivity index (χ3v) is 5.67. The van der Waals surface area contributed by atoms with Gasteiger partial charge in [-0.05, 0) is 12.8 Å². The molecule has 6 nitrogen and oxygen atoms in total. The minimum atomic E-state index is -0.744. The maximum Gasteiger partial charge on any atom is 0.415 e. The van der Waals surface area contributed by atoms with Gasteiger partial charge in [-0.1, -0.05) is 103 Å². The zero-order valence-electron chi connectivity index (χ0n) is 19.1. The van der Waals surface area contributed by atoms with Gasteiger partial charge in [-0.25, -0.2) is 9.59 Å². The molecule has 0 saturated carbocycles. The highest BCUT2D eigenvalue weighted by molar-refractivity contribution is 5.95. The maximum atomic E-state index is 11.7. The lowest BCUT2D eigenvalue weighted by Gasteiger charge is -2.07. The van der Waals surface area contributed by atoms with Crippen molar-refractivity contribution in [3.63, 3.8) is 0 Å². The largest absolute Gasteiger partial charge is 0.466 e. The van der Waals surface area contributed by atoms with E-state index in [1.807, 2.05) is 0 Å². The van der Waals surface area contributed by atoms with E-state index in [0.29, 0.717) is 6.61 Å². The molecule has 1 saturated heterocycles. The summed E-state index contributed by atoms with van der Waals surface area (Å²) in [6.45, 7) is 2.70. The van der Waals surface area contributed by atoms with Crippen LogP contribution in [0.3, 0.4) is 0 Å². The van der Waals surface area contributed by atoms with Crippen molar-refractivity contribution in [2.45, 2.75) is 129 Å². The minimum absolute atomic E-state index is 0.110. The molecule has 1 heterocycles. The monoisotopic (exact) mass is 425 g/mol. The van der Waals surface area contributed by atoms with Gasteiger partial charge in [-0.15, -0.1) is 0 Å². The van der Waals surface area contributed by atoms with E-state index in [9.17, 15) is 14.4 Å². The highest BCUT2D eigenvalue weighted by Crippen LogP contribution is 2.14. The van der Waals surface area contributed by atoms with Crippen molar-refractivity contribution in [2.24, 2.45) is 0 Å². The molecule has 0 aliphatic carbocycles. The molecule has 1 aliphatic heterocycles. The molecular formula is C24H43NO5. The lowest BCUT2D eigenvalue weighted by Crippen LogP contribution is -2.29. The first-order valence-corrected chi connectivity index (χ1v) is 12.3. The van der Waals surface area contributed by atoms with E-state index in [4.69, 9.17) is 4.74 Å². The Labute approximate surface area is 182 Å². The predicted molar refractivity (Wildman–Crippen MR) is 118 cm³/mol. The molecule has 174 valence electrons. The topological polar surface area (TPSA) is 81.7 Å². The third kappa shape index (κ3) is 14.4. The molecule has 6 heteroatoms. The van der Waals surface area contributed by atoms with Crippen LogP contribution in [-0.2, 0) is 19.1 Å². The van der Waals surface area contributed by atoms with Crippen molar-refractivity contribution in [3.05, 3.63) is 0 Å². The van der Waals surface area contributed by atoms with Gasteiger partial charge in [0.2, 0.25) is 0 Å². The smallest absolute Gasteiger partial charge is 0.415 e. The van der Waals surface area contributed by atoms with Crippen molar-refractivity contribution in [1.82, 2.24) is 5.32 Å². The number of hydrogen-bond donors (Lipinski definition) is 1. The molecule has 0 aromatic rings. The van der Waals surface area contributed by atoms with Crippen LogP contribution >= 0.6 is 0 Å². The molecule has 30 heavy (non-hydrogen) atoms. The standard InChI is InChI=1S/C24H43NO5/c1-2-3-4-5-6-7-8-9-10-11-12-13-14-15-16-17-20-29-22(26)19-18-21-23(27)30-24(28)25-21/h21H,2-20H2,1H3,(H,25,28)/t21-/m0/s1.